The highest BCUT2D eigenvalue weighted by molar-refractivity contribution is 8.00. The normalized spacial score (nSPS) is 18.1. The third kappa shape index (κ3) is 4.90. The number of aromatic nitrogens is 2. The van der Waals surface area contributed by atoms with Crippen molar-refractivity contribution in [2.75, 3.05) is 50.3 Å². The number of hydrogen-bond acceptors (Lipinski definition) is 7. The third-order valence-corrected chi connectivity index (χ3v) is 8.99. The van der Waals surface area contributed by atoms with Crippen LogP contribution in [0.5, 0.6) is 11.5 Å². The molecule has 4 heterocycles. The smallest absolute Gasteiger partial charge is 0.242 e. The third-order valence-electron chi connectivity index (χ3n) is 7.74. The van der Waals surface area contributed by atoms with E-state index in [-0.39, 0.29) is 36.2 Å². The average molecular weight is 583 g/mol. The second kappa shape index (κ2) is 11.2. The summed E-state index contributed by atoms with van der Waals surface area (Å²) in [5.41, 5.74) is 5.44. The van der Waals surface area contributed by atoms with E-state index in [2.05, 4.69) is 0 Å². The van der Waals surface area contributed by atoms with Crippen molar-refractivity contribution in [3.63, 3.8) is 0 Å². The van der Waals surface area contributed by atoms with Crippen molar-refractivity contribution in [3.05, 3.63) is 89.5 Å². The van der Waals surface area contributed by atoms with Gasteiger partial charge in [0.05, 0.1) is 35.6 Å². The molecular weight excluding hydrogens is 552 g/mol. The van der Waals surface area contributed by atoms with E-state index in [9.17, 15) is 9.59 Å². The molecule has 0 aliphatic carbocycles. The van der Waals surface area contributed by atoms with Crippen LogP contribution in [0.1, 0.15) is 21.9 Å². The van der Waals surface area contributed by atoms with Crippen molar-refractivity contribution >= 4 is 29.4 Å². The number of amides is 2. The van der Waals surface area contributed by atoms with E-state index in [0.717, 1.165) is 33.6 Å². The lowest BCUT2D eigenvalue weighted by molar-refractivity contribution is -0.134. The molecule has 7 rings (SSSR count). The number of thioether (sulfide) groups is 1. The van der Waals surface area contributed by atoms with Crippen LogP contribution in [0.25, 0.3) is 16.9 Å². The number of fused-ring (bicyclic) bond motifs is 2. The van der Waals surface area contributed by atoms with Crippen LogP contribution in [0.4, 0.5) is 5.82 Å². The number of morpholine rings is 1. The van der Waals surface area contributed by atoms with E-state index >= 15 is 0 Å². The predicted octanol–water partition coefficient (Wildman–Crippen LogP) is 4.60. The summed E-state index contributed by atoms with van der Waals surface area (Å²) in [5.74, 6) is 1.94. The number of carbonyl (C=O) groups is 2. The zero-order chi connectivity index (χ0) is 28.6. The van der Waals surface area contributed by atoms with Gasteiger partial charge < -0.3 is 19.1 Å². The highest BCUT2D eigenvalue weighted by Gasteiger charge is 2.38. The highest BCUT2D eigenvalue weighted by atomic mass is 32.2. The Balaban J connectivity index is 1.45. The van der Waals surface area contributed by atoms with Gasteiger partial charge in [-0.15, -0.1) is 11.8 Å². The van der Waals surface area contributed by atoms with Crippen molar-refractivity contribution < 1.29 is 23.8 Å². The second-order valence-electron chi connectivity index (χ2n) is 10.5. The molecule has 0 N–H and O–H groups in total. The van der Waals surface area contributed by atoms with E-state index in [0.29, 0.717) is 43.6 Å². The average Bonchev–Trinajstić information content (AvgIpc) is 3.63. The molecule has 1 atom stereocenters. The fourth-order valence-electron chi connectivity index (χ4n) is 5.66. The predicted molar refractivity (Wildman–Crippen MR) is 160 cm³/mol. The molecule has 1 fully saturated rings. The maximum Gasteiger partial charge on any atom is 0.242 e. The van der Waals surface area contributed by atoms with Crippen LogP contribution < -0.4 is 14.4 Å². The first-order chi connectivity index (χ1) is 20.6. The fourth-order valence-corrected chi connectivity index (χ4v) is 6.84. The Bertz CT molecular complexity index is 1650. The zero-order valence-electron chi connectivity index (χ0n) is 23.2. The van der Waals surface area contributed by atoms with Gasteiger partial charge in [0, 0.05) is 24.2 Å². The van der Waals surface area contributed by atoms with Crippen LogP contribution in [-0.2, 0) is 14.3 Å². The maximum atomic E-state index is 14.0. The Kier molecular flexibility index (Phi) is 7.09. The van der Waals surface area contributed by atoms with Gasteiger partial charge in [0.25, 0.3) is 0 Å². The molecule has 1 saturated heterocycles. The van der Waals surface area contributed by atoms with E-state index < -0.39 is 0 Å². The van der Waals surface area contributed by atoms with Crippen molar-refractivity contribution in [2.24, 2.45) is 0 Å². The molecule has 4 aromatic rings. The Morgan fingerprint density at radius 1 is 0.976 bits per heavy atom. The number of carbonyl (C=O) groups excluding carboxylic acids is 2. The van der Waals surface area contributed by atoms with Gasteiger partial charge in [0.1, 0.15) is 12.4 Å². The van der Waals surface area contributed by atoms with Gasteiger partial charge in [-0.3, -0.25) is 14.5 Å². The SMILES string of the molecule is Cc1cccc(-n2nc(-c3ccccc3)c3c2N(CC(=O)N2CCOCC2)C(=O)CS[C@H]3c2ccc3c(c2)OCO3)c1. The van der Waals surface area contributed by atoms with Crippen molar-refractivity contribution in [2.45, 2.75) is 12.2 Å². The van der Waals surface area contributed by atoms with Crippen LogP contribution in [0.3, 0.4) is 0 Å². The molecule has 0 unspecified atom stereocenters. The summed E-state index contributed by atoms with van der Waals surface area (Å²) in [4.78, 5) is 31.0. The van der Waals surface area contributed by atoms with Crippen molar-refractivity contribution in [1.82, 2.24) is 14.7 Å². The highest BCUT2D eigenvalue weighted by Crippen LogP contribution is 2.50. The Morgan fingerprint density at radius 3 is 2.60 bits per heavy atom. The van der Waals surface area contributed by atoms with Crippen LogP contribution in [0, 0.1) is 6.92 Å². The quantitative estimate of drug-likeness (QED) is 0.340. The number of hydrogen-bond donors (Lipinski definition) is 0. The van der Waals surface area contributed by atoms with E-state index in [1.54, 1.807) is 9.80 Å². The zero-order valence-corrected chi connectivity index (χ0v) is 24.0. The standard InChI is InChI=1S/C32H30N4O5S/c1-21-6-5-9-24(16-21)36-32-29(30(33-36)22-7-3-2-4-8-22)31(23-10-11-25-26(17-23)41-20-40-25)42-19-28(38)35(32)18-27(37)34-12-14-39-15-13-34/h2-11,16-17,31H,12-15,18-20H2,1H3/t31-/m0/s1. The second-order valence-corrected chi connectivity index (χ2v) is 11.6. The number of rotatable bonds is 5. The summed E-state index contributed by atoms with van der Waals surface area (Å²) in [7, 11) is 0. The van der Waals surface area contributed by atoms with E-state index in [1.165, 1.54) is 11.8 Å². The number of anilines is 1. The van der Waals surface area contributed by atoms with Crippen LogP contribution >= 0.6 is 11.8 Å². The van der Waals surface area contributed by atoms with Crippen LogP contribution in [0.2, 0.25) is 0 Å². The lowest BCUT2D eigenvalue weighted by atomic mass is 9.99. The van der Waals surface area contributed by atoms with Gasteiger partial charge in [-0.1, -0.05) is 48.5 Å². The summed E-state index contributed by atoms with van der Waals surface area (Å²) in [6.07, 6.45) is 0. The van der Waals surface area contributed by atoms with Gasteiger partial charge in [-0.05, 0) is 42.3 Å². The summed E-state index contributed by atoms with van der Waals surface area (Å²) >= 11 is 1.53. The molecule has 9 nitrogen and oxygen atoms in total. The van der Waals surface area contributed by atoms with Crippen LogP contribution in [-0.4, -0.2) is 71.9 Å². The minimum atomic E-state index is -0.254. The molecule has 0 spiro atoms. The van der Waals surface area contributed by atoms with Gasteiger partial charge in [0.15, 0.2) is 11.5 Å². The van der Waals surface area contributed by atoms with Gasteiger partial charge in [-0.2, -0.15) is 5.10 Å². The minimum Gasteiger partial charge on any atom is -0.454 e. The summed E-state index contributed by atoms with van der Waals surface area (Å²) < 4.78 is 18.6. The molecular formula is C32H30N4O5S. The lowest BCUT2D eigenvalue weighted by Crippen LogP contribution is -2.48. The number of ether oxygens (including phenoxy) is 3. The van der Waals surface area contributed by atoms with Gasteiger partial charge in [-0.25, -0.2) is 4.68 Å². The topological polar surface area (TPSA) is 86.1 Å². The van der Waals surface area contributed by atoms with Crippen LogP contribution in [0.15, 0.2) is 72.8 Å². The molecule has 0 bridgehead atoms. The molecule has 0 radical (unpaired) electrons. The Labute approximate surface area is 248 Å². The molecule has 42 heavy (non-hydrogen) atoms. The maximum absolute atomic E-state index is 14.0. The molecule has 1 aromatic heterocycles. The summed E-state index contributed by atoms with van der Waals surface area (Å²) in [6, 6.07) is 24.0. The minimum absolute atomic E-state index is 0.0774. The molecule has 3 aliphatic rings. The first kappa shape index (κ1) is 26.6. The largest absolute Gasteiger partial charge is 0.454 e. The molecule has 2 amide bonds. The van der Waals surface area contributed by atoms with Crippen molar-refractivity contribution in [3.8, 4) is 28.4 Å². The lowest BCUT2D eigenvalue weighted by Gasteiger charge is -2.30. The Morgan fingerprint density at radius 2 is 1.79 bits per heavy atom. The molecule has 10 heteroatoms. The van der Waals surface area contributed by atoms with E-state index in [4.69, 9.17) is 19.3 Å². The molecule has 0 saturated carbocycles. The monoisotopic (exact) mass is 582 g/mol. The number of benzene rings is 3. The fraction of sp³-hybridized carbons (Fsp3) is 0.281. The van der Waals surface area contributed by atoms with Gasteiger partial charge in [0.2, 0.25) is 18.6 Å². The van der Waals surface area contributed by atoms with Crippen molar-refractivity contribution in [1.29, 1.82) is 0 Å². The van der Waals surface area contributed by atoms with Gasteiger partial charge >= 0.3 is 0 Å². The molecule has 3 aliphatic heterocycles. The van der Waals surface area contributed by atoms with E-state index in [1.807, 2.05) is 84.4 Å². The number of nitrogens with zero attached hydrogens (tertiary/aromatic N) is 4. The first-order valence-corrected chi connectivity index (χ1v) is 15.0. The number of aryl methyl sites for hydroxylation is 1. The molecule has 214 valence electrons. The first-order valence-electron chi connectivity index (χ1n) is 14.0. The summed E-state index contributed by atoms with van der Waals surface area (Å²) in [5, 5.41) is 4.92. The summed E-state index contributed by atoms with van der Waals surface area (Å²) in [6.45, 7) is 4.13. The molecule has 3 aromatic carbocycles. The Hall–Kier alpha value is -4.28.